The molecule has 86 valence electrons. The van der Waals surface area contributed by atoms with Crippen LogP contribution in [-0.2, 0) is 4.79 Å². The van der Waals surface area contributed by atoms with E-state index in [1.807, 2.05) is 0 Å². The maximum Gasteiger partial charge on any atom is 0.311 e. The Balaban J connectivity index is 2.94. The summed E-state index contributed by atoms with van der Waals surface area (Å²) in [6.45, 7) is 0.0222. The third-order valence-corrected chi connectivity index (χ3v) is 1.98. The second-order valence-corrected chi connectivity index (χ2v) is 3.13. The van der Waals surface area contributed by atoms with Crippen molar-refractivity contribution in [2.75, 3.05) is 25.5 Å². The predicted octanol–water partition coefficient (Wildman–Crippen LogP) is 0.172. The Morgan fingerprint density at radius 1 is 1.69 bits per heavy atom. The van der Waals surface area contributed by atoms with E-state index in [9.17, 15) is 14.9 Å². The van der Waals surface area contributed by atoms with Gasteiger partial charge in [0.2, 0.25) is 11.7 Å². The van der Waals surface area contributed by atoms with Gasteiger partial charge in [-0.3, -0.25) is 14.9 Å². The first kappa shape index (κ1) is 11.9. The maximum absolute atomic E-state index is 11.1. The molecular formula is C9H12N4O3. The number of aromatic nitrogens is 1. The number of carbonyl (C=O) groups excluding carboxylic acids is 1. The summed E-state index contributed by atoms with van der Waals surface area (Å²) in [6, 6.07) is 2.83. The first-order valence-electron chi connectivity index (χ1n) is 4.57. The molecule has 7 heteroatoms. The lowest BCUT2D eigenvalue weighted by atomic mass is 10.3. The third-order valence-electron chi connectivity index (χ3n) is 1.98. The van der Waals surface area contributed by atoms with Gasteiger partial charge < -0.3 is 10.2 Å². The van der Waals surface area contributed by atoms with Crippen molar-refractivity contribution in [3.63, 3.8) is 0 Å². The Morgan fingerprint density at radius 3 is 2.94 bits per heavy atom. The summed E-state index contributed by atoms with van der Waals surface area (Å²) in [4.78, 5) is 26.6. The molecule has 1 aromatic rings. The molecule has 0 atom stereocenters. The van der Waals surface area contributed by atoms with E-state index in [1.54, 1.807) is 7.05 Å². The molecule has 0 aliphatic carbocycles. The zero-order chi connectivity index (χ0) is 12.1. The van der Waals surface area contributed by atoms with Crippen molar-refractivity contribution in [3.8, 4) is 0 Å². The predicted molar refractivity (Wildman–Crippen MR) is 58.2 cm³/mol. The van der Waals surface area contributed by atoms with E-state index in [-0.39, 0.29) is 24.0 Å². The highest BCUT2D eigenvalue weighted by Crippen LogP contribution is 2.23. The summed E-state index contributed by atoms with van der Waals surface area (Å²) >= 11 is 0. The van der Waals surface area contributed by atoms with E-state index in [1.165, 1.54) is 30.3 Å². The van der Waals surface area contributed by atoms with Crippen LogP contribution in [0.15, 0.2) is 18.3 Å². The van der Waals surface area contributed by atoms with Gasteiger partial charge in [-0.25, -0.2) is 4.98 Å². The van der Waals surface area contributed by atoms with Gasteiger partial charge in [0.25, 0.3) is 0 Å². The lowest BCUT2D eigenvalue weighted by molar-refractivity contribution is -0.384. The molecule has 1 rings (SSSR count). The molecule has 0 fully saturated rings. The van der Waals surface area contributed by atoms with Crippen LogP contribution in [0.2, 0.25) is 0 Å². The number of hydrogen-bond acceptors (Lipinski definition) is 5. The van der Waals surface area contributed by atoms with E-state index < -0.39 is 4.92 Å². The van der Waals surface area contributed by atoms with Gasteiger partial charge in [-0.15, -0.1) is 0 Å². The van der Waals surface area contributed by atoms with Gasteiger partial charge in [0.15, 0.2) is 0 Å². The van der Waals surface area contributed by atoms with Crippen LogP contribution in [0.1, 0.15) is 0 Å². The van der Waals surface area contributed by atoms with Crippen molar-refractivity contribution >= 4 is 17.4 Å². The highest BCUT2D eigenvalue weighted by atomic mass is 16.6. The molecule has 0 aromatic carbocycles. The fourth-order valence-electron chi connectivity index (χ4n) is 1.19. The van der Waals surface area contributed by atoms with Crippen LogP contribution in [0.3, 0.4) is 0 Å². The summed E-state index contributed by atoms with van der Waals surface area (Å²) in [5.41, 5.74) is -0.117. The summed E-state index contributed by atoms with van der Waals surface area (Å²) in [7, 11) is 3.08. The summed E-state index contributed by atoms with van der Waals surface area (Å²) < 4.78 is 0. The Bertz CT molecular complexity index is 407. The van der Waals surface area contributed by atoms with Crippen molar-refractivity contribution in [1.82, 2.24) is 10.3 Å². The van der Waals surface area contributed by atoms with E-state index in [2.05, 4.69) is 10.3 Å². The lowest BCUT2D eigenvalue weighted by Crippen LogP contribution is -2.33. The van der Waals surface area contributed by atoms with Crippen molar-refractivity contribution in [2.45, 2.75) is 0 Å². The van der Waals surface area contributed by atoms with Crippen molar-refractivity contribution in [3.05, 3.63) is 28.4 Å². The third kappa shape index (κ3) is 2.66. The molecule has 0 unspecified atom stereocenters. The first-order chi connectivity index (χ1) is 7.56. The number of nitrogens with one attached hydrogen (secondary N) is 1. The molecular weight excluding hydrogens is 212 g/mol. The Labute approximate surface area is 92.2 Å². The van der Waals surface area contributed by atoms with Crippen LogP contribution < -0.4 is 10.2 Å². The van der Waals surface area contributed by atoms with Gasteiger partial charge in [-0.05, 0) is 6.07 Å². The molecule has 0 saturated heterocycles. The lowest BCUT2D eigenvalue weighted by Gasteiger charge is -2.16. The molecule has 1 N–H and O–H groups in total. The molecule has 0 radical (unpaired) electrons. The number of rotatable bonds is 4. The Morgan fingerprint density at radius 2 is 2.38 bits per heavy atom. The zero-order valence-electron chi connectivity index (χ0n) is 9.01. The second-order valence-electron chi connectivity index (χ2n) is 3.13. The van der Waals surface area contributed by atoms with Gasteiger partial charge in [0, 0.05) is 26.4 Å². The number of amides is 1. The van der Waals surface area contributed by atoms with E-state index in [4.69, 9.17) is 0 Å². The van der Waals surface area contributed by atoms with Gasteiger partial charge >= 0.3 is 5.69 Å². The molecule has 0 aliphatic heterocycles. The monoisotopic (exact) mass is 224 g/mol. The average molecular weight is 224 g/mol. The number of likely N-dealkylation sites (N-methyl/N-ethyl adjacent to an activating group) is 2. The Hall–Kier alpha value is -2.18. The number of pyridine rings is 1. The minimum Gasteiger partial charge on any atom is -0.358 e. The van der Waals surface area contributed by atoms with Gasteiger partial charge in [0.05, 0.1) is 11.5 Å². The largest absolute Gasteiger partial charge is 0.358 e. The topological polar surface area (TPSA) is 88.4 Å². The molecule has 1 aromatic heterocycles. The summed E-state index contributed by atoms with van der Waals surface area (Å²) in [5, 5.41) is 13.2. The molecule has 16 heavy (non-hydrogen) atoms. The number of nitro groups is 1. The van der Waals surface area contributed by atoms with E-state index in [0.717, 1.165) is 0 Å². The van der Waals surface area contributed by atoms with E-state index >= 15 is 0 Å². The van der Waals surface area contributed by atoms with Gasteiger partial charge in [-0.2, -0.15) is 0 Å². The molecule has 0 spiro atoms. The molecule has 0 aliphatic rings. The van der Waals surface area contributed by atoms with Crippen LogP contribution in [-0.4, -0.2) is 36.5 Å². The fraction of sp³-hybridized carbons (Fsp3) is 0.333. The highest BCUT2D eigenvalue weighted by molar-refractivity contribution is 5.81. The molecule has 1 heterocycles. The van der Waals surface area contributed by atoms with Crippen LogP contribution in [0.4, 0.5) is 11.5 Å². The summed E-state index contributed by atoms with van der Waals surface area (Å²) in [5.74, 6) is -0.0569. The van der Waals surface area contributed by atoms with Crippen LogP contribution in [0.5, 0.6) is 0 Å². The molecule has 0 bridgehead atoms. The van der Waals surface area contributed by atoms with E-state index in [0.29, 0.717) is 0 Å². The smallest absolute Gasteiger partial charge is 0.311 e. The average Bonchev–Trinajstić information content (AvgIpc) is 2.28. The van der Waals surface area contributed by atoms with Crippen LogP contribution >= 0.6 is 0 Å². The first-order valence-corrected chi connectivity index (χ1v) is 4.57. The number of nitrogens with zero attached hydrogens (tertiary/aromatic N) is 3. The number of hydrogen-bond donors (Lipinski definition) is 1. The maximum atomic E-state index is 11.1. The van der Waals surface area contributed by atoms with Gasteiger partial charge in [-0.1, -0.05) is 0 Å². The van der Waals surface area contributed by atoms with Crippen LogP contribution in [0, 0.1) is 10.1 Å². The fourth-order valence-corrected chi connectivity index (χ4v) is 1.19. The standard InChI is InChI=1S/C9H12N4O3/c1-10-8(14)6-12(2)9-7(13(15)16)4-3-5-11-9/h3-5H,6H2,1-2H3,(H,10,14). The van der Waals surface area contributed by atoms with Crippen molar-refractivity contribution < 1.29 is 9.72 Å². The van der Waals surface area contributed by atoms with Crippen molar-refractivity contribution in [1.29, 1.82) is 0 Å². The second kappa shape index (κ2) is 5.06. The molecule has 1 amide bonds. The Kier molecular flexibility index (Phi) is 3.76. The van der Waals surface area contributed by atoms with Gasteiger partial charge in [0.1, 0.15) is 0 Å². The number of anilines is 1. The number of carbonyl (C=O) groups is 1. The SMILES string of the molecule is CNC(=O)CN(C)c1ncccc1[N+](=O)[O-]. The normalized spacial score (nSPS) is 9.62. The van der Waals surface area contributed by atoms with Crippen molar-refractivity contribution in [2.24, 2.45) is 0 Å². The zero-order valence-corrected chi connectivity index (χ0v) is 9.01. The molecule has 7 nitrogen and oxygen atoms in total. The molecule has 0 saturated carbocycles. The quantitative estimate of drug-likeness (QED) is 0.581. The minimum atomic E-state index is -0.525. The minimum absolute atomic E-state index is 0.0222. The highest BCUT2D eigenvalue weighted by Gasteiger charge is 2.18. The van der Waals surface area contributed by atoms with Crippen LogP contribution in [0.25, 0.3) is 0 Å². The summed E-state index contributed by atoms with van der Waals surface area (Å²) in [6.07, 6.45) is 1.45.